The predicted molar refractivity (Wildman–Crippen MR) is 87.3 cm³/mol. The first kappa shape index (κ1) is 18.2. The van der Waals surface area contributed by atoms with Crippen molar-refractivity contribution in [2.24, 2.45) is 0 Å². The molecule has 0 saturated heterocycles. The van der Waals surface area contributed by atoms with Crippen LogP contribution in [0, 0.1) is 5.82 Å². The number of rotatable bonds is 3. The Labute approximate surface area is 147 Å². The molecule has 0 saturated carbocycles. The van der Waals surface area contributed by atoms with E-state index < -0.39 is 30.0 Å². The third-order valence-corrected chi connectivity index (χ3v) is 4.18. The molecule has 140 valence electrons. The van der Waals surface area contributed by atoms with Crippen LogP contribution in [0.15, 0.2) is 30.5 Å². The van der Waals surface area contributed by atoms with E-state index in [0.29, 0.717) is 5.56 Å². The van der Waals surface area contributed by atoms with Gasteiger partial charge in [-0.15, -0.1) is 0 Å². The highest BCUT2D eigenvalue weighted by atomic mass is 19.4. The van der Waals surface area contributed by atoms with E-state index in [1.54, 1.807) is 13.8 Å². The number of halogens is 4. The summed E-state index contributed by atoms with van der Waals surface area (Å²) in [4.78, 5) is 12.3. The third kappa shape index (κ3) is 3.51. The van der Waals surface area contributed by atoms with E-state index in [1.165, 1.54) is 24.3 Å². The minimum atomic E-state index is -4.53. The second kappa shape index (κ2) is 6.62. The zero-order valence-corrected chi connectivity index (χ0v) is 14.1. The summed E-state index contributed by atoms with van der Waals surface area (Å²) in [5, 5.41) is 9.39. The normalized spacial score (nSPS) is 19.8. The van der Waals surface area contributed by atoms with E-state index >= 15 is 0 Å². The van der Waals surface area contributed by atoms with Gasteiger partial charge in [-0.3, -0.25) is 4.79 Å². The smallest absolute Gasteiger partial charge is 0.363 e. The fourth-order valence-corrected chi connectivity index (χ4v) is 2.98. The van der Waals surface area contributed by atoms with Crippen LogP contribution in [0.25, 0.3) is 0 Å². The van der Waals surface area contributed by atoms with Crippen molar-refractivity contribution in [3.8, 4) is 0 Å². The molecule has 9 heteroatoms. The number of alkyl halides is 3. The fourth-order valence-electron chi connectivity index (χ4n) is 2.98. The maximum absolute atomic E-state index is 13.5. The van der Waals surface area contributed by atoms with Gasteiger partial charge < -0.3 is 10.6 Å². The number of carbonyl (C=O) groups is 1. The first-order chi connectivity index (χ1) is 12.2. The van der Waals surface area contributed by atoms with Crippen molar-refractivity contribution in [3.63, 3.8) is 0 Å². The number of carbonyl (C=O) groups excluding carboxylic acids is 1. The molecule has 0 aliphatic carbocycles. The Balaban J connectivity index is 2.01. The summed E-state index contributed by atoms with van der Waals surface area (Å²) in [6.07, 6.45) is -3.71. The largest absolute Gasteiger partial charge is 0.410 e. The number of aromatic nitrogens is 2. The lowest BCUT2D eigenvalue weighted by Crippen LogP contribution is -2.37. The zero-order valence-electron chi connectivity index (χ0n) is 14.1. The van der Waals surface area contributed by atoms with Gasteiger partial charge in [-0.2, -0.15) is 18.3 Å². The molecule has 0 bridgehead atoms. The molecular weight excluding hydrogens is 352 g/mol. The molecule has 26 heavy (non-hydrogen) atoms. The Kier molecular flexibility index (Phi) is 4.64. The van der Waals surface area contributed by atoms with Gasteiger partial charge >= 0.3 is 6.18 Å². The molecule has 2 aromatic rings. The van der Waals surface area contributed by atoms with E-state index in [4.69, 9.17) is 0 Å². The van der Waals surface area contributed by atoms with Crippen LogP contribution >= 0.6 is 0 Å². The second-order valence-electron chi connectivity index (χ2n) is 6.52. The lowest BCUT2D eigenvalue weighted by Gasteiger charge is -2.34. The molecule has 2 N–H and O–H groups in total. The molecule has 2 atom stereocenters. The van der Waals surface area contributed by atoms with Gasteiger partial charge in [0.15, 0.2) is 6.04 Å². The van der Waals surface area contributed by atoms with Crippen LogP contribution in [0.3, 0.4) is 0 Å². The quantitative estimate of drug-likeness (QED) is 0.808. The third-order valence-electron chi connectivity index (χ3n) is 4.18. The van der Waals surface area contributed by atoms with Crippen molar-refractivity contribution in [1.82, 2.24) is 15.1 Å². The molecular formula is C17H18F4N4O. The first-order valence-corrected chi connectivity index (χ1v) is 8.14. The minimum absolute atomic E-state index is 0.00560. The Morgan fingerprint density at radius 1 is 1.31 bits per heavy atom. The molecule has 0 fully saturated rings. The summed E-state index contributed by atoms with van der Waals surface area (Å²) < 4.78 is 54.6. The van der Waals surface area contributed by atoms with Crippen LogP contribution in [0.1, 0.15) is 48.3 Å². The van der Waals surface area contributed by atoms with Gasteiger partial charge in [-0.1, -0.05) is 12.1 Å². The van der Waals surface area contributed by atoms with Gasteiger partial charge in [0.05, 0.1) is 12.2 Å². The Morgan fingerprint density at radius 2 is 1.96 bits per heavy atom. The summed E-state index contributed by atoms with van der Waals surface area (Å²) in [6.45, 7) is 3.50. The molecule has 5 nitrogen and oxygen atoms in total. The molecule has 1 aliphatic rings. The summed E-state index contributed by atoms with van der Waals surface area (Å²) in [7, 11) is 0. The molecule has 1 aromatic carbocycles. The van der Waals surface area contributed by atoms with Gasteiger partial charge in [0, 0.05) is 12.5 Å². The molecule has 1 aromatic heterocycles. The van der Waals surface area contributed by atoms with E-state index in [2.05, 4.69) is 15.7 Å². The van der Waals surface area contributed by atoms with Crippen LogP contribution in [0.4, 0.5) is 23.4 Å². The zero-order chi connectivity index (χ0) is 19.1. The van der Waals surface area contributed by atoms with Gasteiger partial charge in [-0.25, -0.2) is 9.07 Å². The predicted octanol–water partition coefficient (Wildman–Crippen LogP) is 3.82. The number of hydrogen-bond acceptors (Lipinski definition) is 3. The summed E-state index contributed by atoms with van der Waals surface area (Å²) in [5.74, 6) is -0.973. The summed E-state index contributed by atoms with van der Waals surface area (Å²) in [5.41, 5.74) is 0.545. The number of nitrogens with zero attached hydrogens (tertiary/aromatic N) is 2. The number of fused-ring (bicyclic) bond motifs is 1. The van der Waals surface area contributed by atoms with E-state index in [0.717, 1.165) is 10.9 Å². The van der Waals surface area contributed by atoms with Crippen molar-refractivity contribution < 1.29 is 22.4 Å². The number of nitrogens with one attached hydrogen (secondary N) is 2. The number of hydrogen-bond donors (Lipinski definition) is 2. The summed E-state index contributed by atoms with van der Waals surface area (Å²) >= 11 is 0. The maximum atomic E-state index is 13.5. The Morgan fingerprint density at radius 3 is 2.54 bits per heavy atom. The topological polar surface area (TPSA) is 59.0 Å². The molecule has 2 heterocycles. The SMILES string of the molecule is CC(C)NC(=O)c1cnn2c1N[C@@H](c1ccc(F)cc1)C[C@H]2C(F)(F)F. The van der Waals surface area contributed by atoms with Gasteiger partial charge in [0.1, 0.15) is 17.2 Å². The highest BCUT2D eigenvalue weighted by Crippen LogP contribution is 2.44. The molecule has 0 spiro atoms. The number of benzene rings is 1. The van der Waals surface area contributed by atoms with Gasteiger partial charge in [0.25, 0.3) is 5.91 Å². The molecule has 1 amide bonds. The molecule has 3 rings (SSSR count). The molecule has 1 aliphatic heterocycles. The Hall–Kier alpha value is -2.58. The average molecular weight is 370 g/mol. The standard InChI is InChI=1S/C17H18F4N4O/c1-9(2)23-16(26)12-8-22-25-14(17(19,20)21)7-13(24-15(12)25)10-3-5-11(18)6-4-10/h3-6,8-9,13-14,24H,7H2,1-2H3,(H,23,26)/t13-,14+/m1/s1. The van der Waals surface area contributed by atoms with E-state index in [-0.39, 0.29) is 23.8 Å². The van der Waals surface area contributed by atoms with E-state index in [1.807, 2.05) is 0 Å². The number of amides is 1. The van der Waals surface area contributed by atoms with Crippen LogP contribution in [-0.4, -0.2) is 27.9 Å². The molecule has 0 radical (unpaired) electrons. The monoisotopic (exact) mass is 370 g/mol. The van der Waals surface area contributed by atoms with Gasteiger partial charge in [-0.05, 0) is 31.5 Å². The minimum Gasteiger partial charge on any atom is -0.363 e. The van der Waals surface area contributed by atoms with Crippen LogP contribution < -0.4 is 10.6 Å². The van der Waals surface area contributed by atoms with Gasteiger partial charge in [0.2, 0.25) is 0 Å². The van der Waals surface area contributed by atoms with Crippen molar-refractivity contribution >= 4 is 11.7 Å². The number of anilines is 1. The highest BCUT2D eigenvalue weighted by molar-refractivity contribution is 5.99. The van der Waals surface area contributed by atoms with Crippen molar-refractivity contribution in [3.05, 3.63) is 47.4 Å². The lowest BCUT2D eigenvalue weighted by atomic mass is 9.96. The maximum Gasteiger partial charge on any atom is 0.410 e. The average Bonchev–Trinajstić information content (AvgIpc) is 2.97. The van der Waals surface area contributed by atoms with Crippen LogP contribution in [0.5, 0.6) is 0 Å². The second-order valence-corrected chi connectivity index (χ2v) is 6.52. The van der Waals surface area contributed by atoms with Crippen LogP contribution in [-0.2, 0) is 0 Å². The molecule has 0 unspecified atom stereocenters. The summed E-state index contributed by atoms with van der Waals surface area (Å²) in [6, 6.07) is 2.47. The first-order valence-electron chi connectivity index (χ1n) is 8.14. The fraction of sp³-hybridized carbons (Fsp3) is 0.412. The lowest BCUT2D eigenvalue weighted by molar-refractivity contribution is -0.173. The highest BCUT2D eigenvalue weighted by Gasteiger charge is 2.47. The Bertz CT molecular complexity index is 798. The van der Waals surface area contributed by atoms with Crippen molar-refractivity contribution in [1.29, 1.82) is 0 Å². The van der Waals surface area contributed by atoms with Crippen molar-refractivity contribution in [2.45, 2.75) is 44.6 Å². The van der Waals surface area contributed by atoms with E-state index in [9.17, 15) is 22.4 Å². The van der Waals surface area contributed by atoms with Crippen molar-refractivity contribution in [2.75, 3.05) is 5.32 Å². The van der Waals surface area contributed by atoms with Crippen LogP contribution in [0.2, 0.25) is 0 Å².